The van der Waals surface area contributed by atoms with E-state index in [1.807, 2.05) is 48.5 Å². The Morgan fingerprint density at radius 2 is 1.25 bits per heavy atom. The third-order valence-corrected chi connectivity index (χ3v) is 10.2. The Kier molecular flexibility index (Phi) is 14.8. The second kappa shape index (κ2) is 19.9. The summed E-state index contributed by atoms with van der Waals surface area (Å²) in [6.07, 6.45) is -0.293. The SMILES string of the molecule is O=C(O)CN1CCN(CC(=O)O)CCN(C(CCC(=O)NCCC(=O)N2Cc3ccccc3C3NN=NC3c3ccccc32)C(=O)O)CCN(CC(=O)O)CC1. The maximum atomic E-state index is 13.8. The number of hydrogen-bond donors (Lipinski definition) is 6. The van der Waals surface area contributed by atoms with Crippen molar-refractivity contribution in [1.29, 1.82) is 0 Å². The van der Waals surface area contributed by atoms with Crippen molar-refractivity contribution in [3.63, 3.8) is 0 Å². The zero-order valence-corrected chi connectivity index (χ0v) is 31.0. The number of para-hydroxylation sites is 1. The molecule has 1 fully saturated rings. The second-order valence-electron chi connectivity index (χ2n) is 14.0. The number of nitrogens with one attached hydrogen (secondary N) is 2. The van der Waals surface area contributed by atoms with Crippen molar-refractivity contribution in [3.05, 3.63) is 65.2 Å². The van der Waals surface area contributed by atoms with Crippen molar-refractivity contribution in [1.82, 2.24) is 30.3 Å². The van der Waals surface area contributed by atoms with Crippen LogP contribution in [0.4, 0.5) is 5.69 Å². The first kappa shape index (κ1) is 41.7. The lowest BCUT2D eigenvalue weighted by atomic mass is 9.88. The highest BCUT2D eigenvalue weighted by atomic mass is 16.4. The van der Waals surface area contributed by atoms with Gasteiger partial charge in [0.2, 0.25) is 11.8 Å². The third-order valence-electron chi connectivity index (χ3n) is 10.2. The molecule has 6 N–H and O–H groups in total. The highest BCUT2D eigenvalue weighted by Crippen LogP contribution is 2.43. The lowest BCUT2D eigenvalue weighted by molar-refractivity contribution is -0.145. The molecule has 3 atom stereocenters. The van der Waals surface area contributed by atoms with Crippen LogP contribution in [0.5, 0.6) is 0 Å². The monoisotopic (exact) mass is 779 g/mol. The van der Waals surface area contributed by atoms with E-state index in [0.29, 0.717) is 12.2 Å². The number of hydrogen-bond acceptors (Lipinski definition) is 13. The highest BCUT2D eigenvalue weighted by molar-refractivity contribution is 5.95. The summed E-state index contributed by atoms with van der Waals surface area (Å²) >= 11 is 0. The molecule has 1 saturated heterocycles. The molecule has 0 bridgehead atoms. The number of anilines is 1. The van der Waals surface area contributed by atoms with Gasteiger partial charge in [-0.25, -0.2) is 0 Å². The van der Waals surface area contributed by atoms with E-state index in [1.165, 1.54) is 0 Å². The van der Waals surface area contributed by atoms with Gasteiger partial charge in [-0.2, -0.15) is 5.11 Å². The first-order chi connectivity index (χ1) is 26.9. The number of aliphatic carboxylic acids is 4. The van der Waals surface area contributed by atoms with Gasteiger partial charge in [0.15, 0.2) is 0 Å². The molecule has 19 heteroatoms. The lowest BCUT2D eigenvalue weighted by Crippen LogP contribution is -2.52. The van der Waals surface area contributed by atoms with Crippen LogP contribution in [0.3, 0.4) is 0 Å². The van der Waals surface area contributed by atoms with Crippen LogP contribution in [-0.2, 0) is 35.3 Å². The van der Waals surface area contributed by atoms with Crippen LogP contribution in [0, 0.1) is 0 Å². The van der Waals surface area contributed by atoms with Gasteiger partial charge >= 0.3 is 23.9 Å². The molecular weight excluding hydrogens is 730 g/mol. The molecule has 302 valence electrons. The zero-order chi connectivity index (χ0) is 40.2. The molecule has 0 aromatic heterocycles. The topological polar surface area (TPSA) is 248 Å². The van der Waals surface area contributed by atoms with Crippen LogP contribution in [0.25, 0.3) is 0 Å². The van der Waals surface area contributed by atoms with Crippen molar-refractivity contribution < 1.29 is 49.2 Å². The van der Waals surface area contributed by atoms with Gasteiger partial charge in [0.1, 0.15) is 12.1 Å². The van der Waals surface area contributed by atoms with Gasteiger partial charge in [0.25, 0.3) is 0 Å². The third kappa shape index (κ3) is 11.5. The van der Waals surface area contributed by atoms with Crippen LogP contribution in [-0.4, -0.2) is 160 Å². The van der Waals surface area contributed by atoms with E-state index in [9.17, 15) is 49.2 Å². The van der Waals surface area contributed by atoms with Gasteiger partial charge in [-0.1, -0.05) is 47.7 Å². The van der Waals surface area contributed by atoms with E-state index >= 15 is 0 Å². The van der Waals surface area contributed by atoms with Gasteiger partial charge < -0.3 is 30.6 Å². The van der Waals surface area contributed by atoms with Gasteiger partial charge in [-0.05, 0) is 23.6 Å². The fourth-order valence-corrected chi connectivity index (χ4v) is 7.39. The summed E-state index contributed by atoms with van der Waals surface area (Å²) in [5.74, 6) is -5.14. The molecule has 3 aliphatic heterocycles. The molecule has 3 heterocycles. The minimum absolute atomic E-state index is 0.0138. The smallest absolute Gasteiger partial charge is 0.320 e. The van der Waals surface area contributed by atoms with E-state index < -0.39 is 35.8 Å². The molecule has 2 aromatic rings. The fourth-order valence-electron chi connectivity index (χ4n) is 7.39. The second-order valence-corrected chi connectivity index (χ2v) is 14.0. The Balaban J connectivity index is 1.22. The maximum Gasteiger partial charge on any atom is 0.320 e. The average molecular weight is 780 g/mol. The van der Waals surface area contributed by atoms with Gasteiger partial charge in [-0.3, -0.25) is 53.8 Å². The van der Waals surface area contributed by atoms with E-state index in [4.69, 9.17) is 0 Å². The summed E-state index contributed by atoms with van der Waals surface area (Å²) in [6, 6.07) is 13.7. The Labute approximate surface area is 323 Å². The van der Waals surface area contributed by atoms with Crippen LogP contribution in [0.1, 0.15) is 48.0 Å². The predicted molar refractivity (Wildman–Crippen MR) is 200 cm³/mol. The van der Waals surface area contributed by atoms with Crippen LogP contribution in [0.2, 0.25) is 0 Å². The van der Waals surface area contributed by atoms with E-state index in [-0.39, 0.29) is 116 Å². The highest BCUT2D eigenvalue weighted by Gasteiger charge is 2.36. The normalized spacial score (nSPS) is 20.4. The standard InChI is InChI=1S/C37H49N9O10/c47-30(38-12-11-31(48)46-21-25-5-1-2-6-26(25)35-36(40-41-39-35)27-7-3-4-8-28(27)46)10-9-29(37(55)56)45-19-17-43(23-33(51)52)15-13-42(22-32(49)50)14-16-44(18-20-45)24-34(53)54/h1-8,29,35-36H,9-24H2,(H,38,47)(H,39,40)(H,49,50)(H,51,52)(H,53,54)(H,55,56). The summed E-state index contributed by atoms with van der Waals surface area (Å²) < 4.78 is 0. The number of benzene rings is 2. The van der Waals surface area contributed by atoms with Gasteiger partial charge in [0, 0.05) is 83.0 Å². The molecule has 19 nitrogen and oxygen atoms in total. The molecule has 56 heavy (non-hydrogen) atoms. The zero-order valence-electron chi connectivity index (χ0n) is 31.0. The summed E-state index contributed by atoms with van der Waals surface area (Å²) in [7, 11) is 0. The molecule has 0 aliphatic carbocycles. The van der Waals surface area contributed by atoms with Crippen LogP contribution < -0.4 is 15.6 Å². The van der Waals surface area contributed by atoms with Crippen LogP contribution in [0.15, 0.2) is 58.9 Å². The minimum Gasteiger partial charge on any atom is -0.480 e. The number of carboxylic acid groups (broad SMARTS) is 4. The number of amides is 2. The van der Waals surface area contributed by atoms with Crippen LogP contribution >= 0.6 is 0 Å². The van der Waals surface area contributed by atoms with E-state index in [1.54, 1.807) is 24.5 Å². The molecule has 0 saturated carbocycles. The van der Waals surface area contributed by atoms with Crippen molar-refractivity contribution in [3.8, 4) is 0 Å². The Morgan fingerprint density at radius 3 is 1.82 bits per heavy atom. The Bertz CT molecular complexity index is 1750. The summed E-state index contributed by atoms with van der Waals surface area (Å²) in [6.45, 7) is 0.544. The molecular formula is C37H49N9O10. The van der Waals surface area contributed by atoms with Gasteiger partial charge in [-0.15, -0.1) is 0 Å². The number of fused-ring (bicyclic) bond motifs is 5. The Morgan fingerprint density at radius 1 is 0.714 bits per heavy atom. The van der Waals surface area contributed by atoms with Crippen molar-refractivity contribution >= 4 is 41.4 Å². The van der Waals surface area contributed by atoms with Crippen molar-refractivity contribution in [2.45, 2.75) is 43.9 Å². The molecule has 0 radical (unpaired) electrons. The molecule has 2 amide bonds. The average Bonchev–Trinajstić information content (AvgIpc) is 3.62. The molecule has 3 aliphatic rings. The van der Waals surface area contributed by atoms with Gasteiger partial charge in [0.05, 0.1) is 32.2 Å². The van der Waals surface area contributed by atoms with Crippen molar-refractivity contribution in [2.75, 3.05) is 83.4 Å². The summed E-state index contributed by atoms with van der Waals surface area (Å²) in [5.41, 5.74) is 6.57. The van der Waals surface area contributed by atoms with Crippen molar-refractivity contribution in [2.24, 2.45) is 10.3 Å². The molecule has 2 aromatic carbocycles. The number of carbonyl (C=O) groups is 6. The largest absolute Gasteiger partial charge is 0.480 e. The number of rotatable bonds is 14. The quantitative estimate of drug-likeness (QED) is 0.153. The summed E-state index contributed by atoms with van der Waals surface area (Å²) in [4.78, 5) is 82.4. The first-order valence-electron chi connectivity index (χ1n) is 18.6. The summed E-state index contributed by atoms with van der Waals surface area (Å²) in [5, 5.41) is 50.0. The molecule has 0 spiro atoms. The molecule has 5 rings (SSSR count). The lowest BCUT2D eigenvalue weighted by Gasteiger charge is -2.35. The predicted octanol–water partition coefficient (Wildman–Crippen LogP) is 0.501. The Hall–Kier alpha value is -5.50. The number of carboxylic acids is 4. The minimum atomic E-state index is -1.20. The van der Waals surface area contributed by atoms with E-state index in [0.717, 1.165) is 16.7 Å². The fraction of sp³-hybridized carbons (Fsp3) is 0.514. The molecule has 3 unspecified atom stereocenters. The maximum absolute atomic E-state index is 13.8. The number of carbonyl (C=O) groups excluding carboxylic acids is 2. The number of nitrogens with zero attached hydrogens (tertiary/aromatic N) is 7. The first-order valence-corrected chi connectivity index (χ1v) is 18.6. The van der Waals surface area contributed by atoms with E-state index in [2.05, 4.69) is 21.1 Å².